The summed E-state index contributed by atoms with van der Waals surface area (Å²) >= 11 is 0. The molecule has 0 atom stereocenters. The minimum atomic E-state index is -0.771. The zero-order chi connectivity index (χ0) is 16.1. The Morgan fingerprint density at radius 1 is 1.41 bits per heavy atom. The number of allylic oxidation sites excluding steroid dienone is 1. The van der Waals surface area contributed by atoms with Gasteiger partial charge in [0, 0.05) is 5.57 Å². The number of carbonyl (C=O) groups is 1. The van der Waals surface area contributed by atoms with Gasteiger partial charge >= 0.3 is 5.97 Å². The highest BCUT2D eigenvalue weighted by Gasteiger charge is 2.24. The molecule has 22 heavy (non-hydrogen) atoms. The molecule has 5 nitrogen and oxygen atoms in total. The van der Waals surface area contributed by atoms with Crippen molar-refractivity contribution in [2.75, 3.05) is 6.61 Å². The monoisotopic (exact) mass is 304 g/mol. The zero-order valence-corrected chi connectivity index (χ0v) is 12.3. The Balaban J connectivity index is 2.31. The molecule has 2 rings (SSSR count). The maximum absolute atomic E-state index is 12.9. The summed E-state index contributed by atoms with van der Waals surface area (Å²) in [5.74, 6) is -1.60. The molecule has 0 saturated heterocycles. The third-order valence-electron chi connectivity index (χ3n) is 3.04. The lowest BCUT2D eigenvalue weighted by molar-refractivity contribution is -0.138. The molecule has 1 aliphatic rings. The van der Waals surface area contributed by atoms with E-state index in [0.29, 0.717) is 5.56 Å². The molecule has 1 fully saturated rings. The van der Waals surface area contributed by atoms with Crippen molar-refractivity contribution in [3.63, 3.8) is 0 Å². The Bertz CT molecular complexity index is 631. The van der Waals surface area contributed by atoms with E-state index in [-0.39, 0.29) is 23.9 Å². The van der Waals surface area contributed by atoms with Crippen molar-refractivity contribution in [3.8, 4) is 0 Å². The number of carbonyl (C=O) groups excluding carboxylic acids is 1. The van der Waals surface area contributed by atoms with Gasteiger partial charge in [-0.3, -0.25) is 0 Å². The molecule has 0 heterocycles. The molecule has 0 bridgehead atoms. The van der Waals surface area contributed by atoms with Crippen molar-refractivity contribution in [1.29, 1.82) is 0 Å². The SMILES string of the molecule is C=C(C(O)=C(N=NC1CC1)C(=O)OCC)c1ccc(F)cc1. The molecule has 0 aromatic heterocycles. The average Bonchev–Trinajstić information content (AvgIpc) is 3.32. The smallest absolute Gasteiger partial charge is 0.362 e. The van der Waals surface area contributed by atoms with E-state index >= 15 is 0 Å². The maximum atomic E-state index is 12.9. The maximum Gasteiger partial charge on any atom is 0.362 e. The Hall–Kier alpha value is -2.50. The number of aliphatic hydroxyl groups excluding tert-OH is 1. The van der Waals surface area contributed by atoms with Gasteiger partial charge in [0.25, 0.3) is 0 Å². The Morgan fingerprint density at radius 3 is 2.59 bits per heavy atom. The number of nitrogens with zero attached hydrogens (tertiary/aromatic N) is 2. The first-order valence-electron chi connectivity index (χ1n) is 6.99. The highest BCUT2D eigenvalue weighted by atomic mass is 19.1. The van der Waals surface area contributed by atoms with Crippen LogP contribution in [0.4, 0.5) is 4.39 Å². The number of esters is 1. The number of rotatable bonds is 6. The van der Waals surface area contributed by atoms with Crippen molar-refractivity contribution >= 4 is 11.5 Å². The predicted molar refractivity (Wildman–Crippen MR) is 79.6 cm³/mol. The molecular formula is C16H17FN2O3. The number of halogens is 1. The van der Waals surface area contributed by atoms with Crippen LogP contribution in [0.15, 0.2) is 52.5 Å². The Labute approximate surface area is 127 Å². The summed E-state index contributed by atoms with van der Waals surface area (Å²) < 4.78 is 17.8. The van der Waals surface area contributed by atoms with Gasteiger partial charge in [0.1, 0.15) is 5.82 Å². The molecule has 116 valence electrons. The van der Waals surface area contributed by atoms with E-state index in [9.17, 15) is 14.3 Å². The molecular weight excluding hydrogens is 287 g/mol. The fourth-order valence-electron chi connectivity index (χ4n) is 1.64. The molecule has 1 N–H and O–H groups in total. The molecule has 0 radical (unpaired) electrons. The van der Waals surface area contributed by atoms with E-state index in [2.05, 4.69) is 16.8 Å². The summed E-state index contributed by atoms with van der Waals surface area (Å²) in [5.41, 5.74) is 0.336. The third kappa shape index (κ3) is 4.00. The average molecular weight is 304 g/mol. The van der Waals surface area contributed by atoms with E-state index < -0.39 is 17.5 Å². The molecule has 1 aromatic rings. The Kier molecular flexibility index (Phi) is 5.04. The standard InChI is InChI=1S/C16H17FN2O3/c1-3-22-16(21)14(19-18-13-8-9-13)15(20)10(2)11-4-6-12(17)7-5-11/h4-7,13,20H,2-3,8-9H2,1H3. The van der Waals surface area contributed by atoms with Gasteiger partial charge in [-0.05, 0) is 37.5 Å². The number of ether oxygens (including phenoxy) is 1. The van der Waals surface area contributed by atoms with Crippen molar-refractivity contribution in [2.24, 2.45) is 10.2 Å². The van der Waals surface area contributed by atoms with Gasteiger partial charge < -0.3 is 9.84 Å². The van der Waals surface area contributed by atoms with Gasteiger partial charge in [0.2, 0.25) is 5.70 Å². The van der Waals surface area contributed by atoms with Gasteiger partial charge in [-0.15, -0.1) is 5.11 Å². The van der Waals surface area contributed by atoms with Crippen LogP contribution in [0.5, 0.6) is 0 Å². The van der Waals surface area contributed by atoms with E-state index in [1.54, 1.807) is 6.92 Å². The van der Waals surface area contributed by atoms with Crippen molar-refractivity contribution in [3.05, 3.63) is 53.7 Å². The van der Waals surface area contributed by atoms with Gasteiger partial charge in [-0.1, -0.05) is 18.7 Å². The van der Waals surface area contributed by atoms with Crippen LogP contribution < -0.4 is 0 Å². The number of benzene rings is 1. The van der Waals surface area contributed by atoms with Gasteiger partial charge in [-0.2, -0.15) is 5.11 Å². The van der Waals surface area contributed by atoms with Gasteiger partial charge in [0.15, 0.2) is 5.76 Å². The summed E-state index contributed by atoms with van der Waals surface area (Å²) in [7, 11) is 0. The molecule has 0 amide bonds. The third-order valence-corrected chi connectivity index (χ3v) is 3.04. The largest absolute Gasteiger partial charge is 0.505 e. The molecule has 6 heteroatoms. The summed E-state index contributed by atoms with van der Waals surface area (Å²) in [6.07, 6.45) is 1.83. The highest BCUT2D eigenvalue weighted by molar-refractivity contribution is 5.93. The number of azo groups is 1. The minimum absolute atomic E-state index is 0.0938. The van der Waals surface area contributed by atoms with Crippen LogP contribution in [0.2, 0.25) is 0 Å². The van der Waals surface area contributed by atoms with Crippen molar-refractivity contribution in [1.82, 2.24) is 0 Å². The van der Waals surface area contributed by atoms with Crippen LogP contribution in [0.1, 0.15) is 25.3 Å². The molecule has 1 aliphatic carbocycles. The van der Waals surface area contributed by atoms with Crippen LogP contribution in [0, 0.1) is 5.82 Å². The minimum Gasteiger partial charge on any atom is -0.505 e. The van der Waals surface area contributed by atoms with E-state index in [4.69, 9.17) is 4.74 Å². The number of hydrogen-bond acceptors (Lipinski definition) is 5. The normalized spacial score (nSPS) is 15.5. The summed E-state index contributed by atoms with van der Waals surface area (Å²) in [6, 6.07) is 5.48. The Morgan fingerprint density at radius 2 is 2.05 bits per heavy atom. The number of hydrogen-bond donors (Lipinski definition) is 1. The lowest BCUT2D eigenvalue weighted by Gasteiger charge is -2.08. The number of aliphatic hydroxyl groups is 1. The zero-order valence-electron chi connectivity index (χ0n) is 12.3. The van der Waals surface area contributed by atoms with Crippen LogP contribution in [-0.2, 0) is 9.53 Å². The van der Waals surface area contributed by atoms with Crippen LogP contribution >= 0.6 is 0 Å². The highest BCUT2D eigenvalue weighted by Crippen LogP contribution is 2.27. The second-order valence-electron chi connectivity index (χ2n) is 4.85. The lowest BCUT2D eigenvalue weighted by Crippen LogP contribution is -2.09. The van der Waals surface area contributed by atoms with Crippen LogP contribution in [0.3, 0.4) is 0 Å². The fourth-order valence-corrected chi connectivity index (χ4v) is 1.64. The second kappa shape index (κ2) is 6.98. The molecule has 1 aromatic carbocycles. The molecule has 1 saturated carbocycles. The molecule has 0 aliphatic heterocycles. The van der Waals surface area contributed by atoms with E-state index in [1.165, 1.54) is 24.3 Å². The van der Waals surface area contributed by atoms with E-state index in [0.717, 1.165) is 12.8 Å². The fraction of sp³-hybridized carbons (Fsp3) is 0.312. The van der Waals surface area contributed by atoms with E-state index in [1.807, 2.05) is 0 Å². The topological polar surface area (TPSA) is 71.2 Å². The van der Waals surface area contributed by atoms with Crippen molar-refractivity contribution in [2.45, 2.75) is 25.8 Å². The summed E-state index contributed by atoms with van der Waals surface area (Å²) in [6.45, 7) is 5.52. The van der Waals surface area contributed by atoms with Gasteiger partial charge in [0.05, 0.1) is 12.6 Å². The van der Waals surface area contributed by atoms with Crippen LogP contribution in [0.25, 0.3) is 5.57 Å². The second-order valence-corrected chi connectivity index (χ2v) is 4.85. The van der Waals surface area contributed by atoms with Gasteiger partial charge in [-0.25, -0.2) is 9.18 Å². The summed E-state index contributed by atoms with van der Waals surface area (Å²) in [5, 5.41) is 18.0. The summed E-state index contributed by atoms with van der Waals surface area (Å²) in [4.78, 5) is 11.9. The first kappa shape index (κ1) is 15.9. The first-order chi connectivity index (χ1) is 10.5. The first-order valence-corrected chi connectivity index (χ1v) is 6.99. The molecule has 0 spiro atoms. The van der Waals surface area contributed by atoms with Crippen LogP contribution in [-0.4, -0.2) is 23.7 Å². The lowest BCUT2D eigenvalue weighted by atomic mass is 10.0. The molecule has 0 unspecified atom stereocenters. The van der Waals surface area contributed by atoms with Crippen molar-refractivity contribution < 1.29 is 19.0 Å². The predicted octanol–water partition coefficient (Wildman–Crippen LogP) is 3.79. The quantitative estimate of drug-likeness (QED) is 0.286.